The largest absolute Gasteiger partial charge is 0.322 e. The summed E-state index contributed by atoms with van der Waals surface area (Å²) in [5.74, 6) is -0.198. The SMILES string of the molecule is CCCCc1ccc(NC(=O)C(C)=S)cc1. The Morgan fingerprint density at radius 3 is 2.44 bits per heavy atom. The Hall–Kier alpha value is -1.22. The van der Waals surface area contributed by atoms with Crippen LogP contribution in [0.5, 0.6) is 0 Å². The summed E-state index contributed by atoms with van der Waals surface area (Å²) in [7, 11) is 0. The van der Waals surface area contributed by atoms with Gasteiger partial charge in [0, 0.05) is 5.69 Å². The molecule has 0 bridgehead atoms. The van der Waals surface area contributed by atoms with Gasteiger partial charge in [-0.25, -0.2) is 0 Å². The summed E-state index contributed by atoms with van der Waals surface area (Å²) in [4.78, 5) is 11.7. The zero-order valence-electron chi connectivity index (χ0n) is 9.75. The maximum Gasteiger partial charge on any atom is 0.262 e. The average molecular weight is 235 g/mol. The van der Waals surface area contributed by atoms with Crippen LogP contribution in [-0.4, -0.2) is 10.8 Å². The van der Waals surface area contributed by atoms with Gasteiger partial charge in [-0.2, -0.15) is 0 Å². The highest BCUT2D eigenvalue weighted by atomic mass is 32.1. The van der Waals surface area contributed by atoms with Gasteiger partial charge in [-0.3, -0.25) is 4.79 Å². The molecular weight excluding hydrogens is 218 g/mol. The van der Waals surface area contributed by atoms with Gasteiger partial charge in [0.05, 0.1) is 4.86 Å². The smallest absolute Gasteiger partial charge is 0.262 e. The van der Waals surface area contributed by atoms with Crippen LogP contribution in [0, 0.1) is 0 Å². The minimum Gasteiger partial charge on any atom is -0.322 e. The molecule has 0 saturated heterocycles. The maximum absolute atomic E-state index is 11.3. The first-order valence-corrected chi connectivity index (χ1v) is 5.95. The molecule has 86 valence electrons. The number of rotatable bonds is 5. The van der Waals surface area contributed by atoms with Gasteiger partial charge in [0.2, 0.25) is 0 Å². The van der Waals surface area contributed by atoms with Gasteiger partial charge in [0.15, 0.2) is 0 Å². The topological polar surface area (TPSA) is 29.1 Å². The first-order chi connectivity index (χ1) is 7.63. The van der Waals surface area contributed by atoms with Crippen molar-refractivity contribution in [1.29, 1.82) is 0 Å². The van der Waals surface area contributed by atoms with Crippen LogP contribution >= 0.6 is 12.2 Å². The molecule has 16 heavy (non-hydrogen) atoms. The van der Waals surface area contributed by atoms with E-state index >= 15 is 0 Å². The number of anilines is 1. The molecule has 0 aliphatic carbocycles. The van der Waals surface area contributed by atoms with Crippen molar-refractivity contribution in [2.75, 3.05) is 5.32 Å². The third-order valence-corrected chi connectivity index (χ3v) is 2.54. The van der Waals surface area contributed by atoms with Crippen molar-refractivity contribution in [3.8, 4) is 0 Å². The summed E-state index contributed by atoms with van der Waals surface area (Å²) in [5, 5.41) is 2.74. The lowest BCUT2D eigenvalue weighted by molar-refractivity contribution is -0.110. The van der Waals surface area contributed by atoms with Crippen molar-refractivity contribution < 1.29 is 4.79 Å². The fraction of sp³-hybridized carbons (Fsp3) is 0.385. The predicted molar refractivity (Wildman–Crippen MR) is 72.0 cm³/mol. The molecule has 0 spiro atoms. The van der Waals surface area contributed by atoms with Crippen LogP contribution in [-0.2, 0) is 11.2 Å². The van der Waals surface area contributed by atoms with Gasteiger partial charge < -0.3 is 5.32 Å². The number of hydrogen-bond acceptors (Lipinski definition) is 2. The summed E-state index contributed by atoms with van der Waals surface area (Å²) in [6.45, 7) is 3.80. The number of unbranched alkanes of at least 4 members (excludes halogenated alkanes) is 1. The summed E-state index contributed by atoms with van der Waals surface area (Å²) in [5.41, 5.74) is 2.10. The monoisotopic (exact) mass is 235 g/mol. The molecule has 0 fully saturated rings. The molecule has 1 aromatic rings. The van der Waals surface area contributed by atoms with E-state index in [9.17, 15) is 4.79 Å². The third-order valence-electron chi connectivity index (χ3n) is 2.35. The summed E-state index contributed by atoms with van der Waals surface area (Å²) in [6, 6.07) is 7.93. The molecule has 1 aromatic carbocycles. The van der Waals surface area contributed by atoms with Gasteiger partial charge in [-0.15, -0.1) is 0 Å². The normalized spacial score (nSPS) is 9.88. The Labute approximate surface area is 102 Å². The lowest BCUT2D eigenvalue weighted by Crippen LogP contribution is -2.18. The highest BCUT2D eigenvalue weighted by Crippen LogP contribution is 2.11. The molecular formula is C13H17NOS. The van der Waals surface area contributed by atoms with Crippen LogP contribution in [0.4, 0.5) is 5.69 Å². The summed E-state index contributed by atoms with van der Waals surface area (Å²) in [6.07, 6.45) is 3.49. The van der Waals surface area contributed by atoms with E-state index < -0.39 is 0 Å². The number of nitrogens with one attached hydrogen (secondary N) is 1. The maximum atomic E-state index is 11.3. The van der Waals surface area contributed by atoms with E-state index in [4.69, 9.17) is 12.2 Å². The number of aryl methyl sites for hydroxylation is 1. The Kier molecular flexibility index (Phi) is 5.12. The molecule has 0 aliphatic heterocycles. The zero-order valence-corrected chi connectivity index (χ0v) is 10.6. The van der Waals surface area contributed by atoms with Crippen molar-refractivity contribution in [2.24, 2.45) is 0 Å². The molecule has 2 nitrogen and oxygen atoms in total. The van der Waals surface area contributed by atoms with E-state index in [1.807, 2.05) is 24.3 Å². The van der Waals surface area contributed by atoms with Crippen molar-refractivity contribution in [3.05, 3.63) is 29.8 Å². The second-order valence-corrected chi connectivity index (χ2v) is 4.42. The van der Waals surface area contributed by atoms with E-state index in [1.165, 1.54) is 18.4 Å². The van der Waals surface area contributed by atoms with Crippen molar-refractivity contribution in [2.45, 2.75) is 33.1 Å². The fourth-order valence-electron chi connectivity index (χ4n) is 1.35. The van der Waals surface area contributed by atoms with Crippen molar-refractivity contribution in [3.63, 3.8) is 0 Å². The van der Waals surface area contributed by atoms with E-state index in [2.05, 4.69) is 12.2 Å². The molecule has 3 heteroatoms. The molecule has 1 N–H and O–H groups in total. The molecule has 0 unspecified atom stereocenters. The van der Waals surface area contributed by atoms with Crippen LogP contribution in [0.1, 0.15) is 32.3 Å². The Bertz CT molecular complexity index is 370. The van der Waals surface area contributed by atoms with Crippen LogP contribution < -0.4 is 5.32 Å². The van der Waals surface area contributed by atoms with Crippen molar-refractivity contribution in [1.82, 2.24) is 0 Å². The summed E-state index contributed by atoms with van der Waals surface area (Å²) < 4.78 is 0. The van der Waals surface area contributed by atoms with Crippen LogP contribution in [0.2, 0.25) is 0 Å². The number of hydrogen-bond donors (Lipinski definition) is 1. The quantitative estimate of drug-likeness (QED) is 0.793. The minimum absolute atomic E-state index is 0.198. The Morgan fingerprint density at radius 2 is 1.94 bits per heavy atom. The molecule has 0 atom stereocenters. The predicted octanol–water partition coefficient (Wildman–Crippen LogP) is 3.36. The van der Waals surface area contributed by atoms with Crippen LogP contribution in [0.15, 0.2) is 24.3 Å². The second kappa shape index (κ2) is 6.38. The number of amides is 1. The molecule has 1 rings (SSSR count). The Morgan fingerprint density at radius 1 is 1.31 bits per heavy atom. The van der Waals surface area contributed by atoms with Crippen molar-refractivity contribution >= 4 is 28.7 Å². The molecule has 0 heterocycles. The molecule has 0 aromatic heterocycles. The molecule has 0 aliphatic rings. The summed E-state index contributed by atoms with van der Waals surface area (Å²) >= 11 is 4.79. The van der Waals surface area contributed by atoms with E-state index in [0.717, 1.165) is 12.1 Å². The third kappa shape index (κ3) is 4.11. The highest BCUT2D eigenvalue weighted by molar-refractivity contribution is 7.82. The van der Waals surface area contributed by atoms with E-state index in [-0.39, 0.29) is 5.91 Å². The second-order valence-electron chi connectivity index (χ2n) is 3.81. The first-order valence-electron chi connectivity index (χ1n) is 5.54. The van der Waals surface area contributed by atoms with Gasteiger partial charge >= 0.3 is 0 Å². The number of thiocarbonyl (C=S) groups is 1. The lowest BCUT2D eigenvalue weighted by Gasteiger charge is -2.05. The van der Waals surface area contributed by atoms with Crippen LogP contribution in [0.25, 0.3) is 0 Å². The van der Waals surface area contributed by atoms with Gasteiger partial charge in [-0.1, -0.05) is 37.7 Å². The van der Waals surface area contributed by atoms with E-state index in [0.29, 0.717) is 4.86 Å². The Balaban J connectivity index is 2.57. The molecule has 0 radical (unpaired) electrons. The first kappa shape index (κ1) is 12.8. The molecule has 0 saturated carbocycles. The lowest BCUT2D eigenvalue weighted by atomic mass is 10.1. The molecule has 1 amide bonds. The zero-order chi connectivity index (χ0) is 12.0. The van der Waals surface area contributed by atoms with Gasteiger partial charge in [-0.05, 0) is 37.5 Å². The average Bonchev–Trinajstić information content (AvgIpc) is 2.28. The fourth-order valence-corrected chi connectivity index (χ4v) is 1.41. The minimum atomic E-state index is -0.198. The van der Waals surface area contributed by atoms with Crippen LogP contribution in [0.3, 0.4) is 0 Å². The standard InChI is InChI=1S/C13H17NOS/c1-3-4-5-11-6-8-12(9-7-11)14-13(15)10(2)16/h6-9H,3-5H2,1-2H3,(H,14,15). The highest BCUT2D eigenvalue weighted by Gasteiger charge is 2.03. The number of benzene rings is 1. The number of carbonyl (C=O) groups excluding carboxylic acids is 1. The van der Waals surface area contributed by atoms with E-state index in [1.54, 1.807) is 6.92 Å². The van der Waals surface area contributed by atoms with Gasteiger partial charge in [0.1, 0.15) is 0 Å². The van der Waals surface area contributed by atoms with Gasteiger partial charge in [0.25, 0.3) is 5.91 Å². The number of carbonyl (C=O) groups is 1.